The zero-order valence-electron chi connectivity index (χ0n) is 35.5. The molecule has 316 valence electrons. The molecule has 2 aliphatic rings. The number of nitrogens with zero attached hydrogens (tertiary/aromatic N) is 5. The minimum atomic E-state index is -0.717. The van der Waals surface area contributed by atoms with Gasteiger partial charge in [0.25, 0.3) is 0 Å². The van der Waals surface area contributed by atoms with Crippen molar-refractivity contribution in [2.75, 3.05) is 27.3 Å². The summed E-state index contributed by atoms with van der Waals surface area (Å²) in [4.78, 5) is 76.3. The summed E-state index contributed by atoms with van der Waals surface area (Å²) in [6, 6.07) is 16.7. The summed E-state index contributed by atoms with van der Waals surface area (Å²) < 4.78 is 9.57. The van der Waals surface area contributed by atoms with Gasteiger partial charge in [0.05, 0.1) is 43.7 Å². The zero-order valence-corrected chi connectivity index (χ0v) is 35.5. The van der Waals surface area contributed by atoms with Crippen molar-refractivity contribution in [3.8, 4) is 33.5 Å². The van der Waals surface area contributed by atoms with E-state index in [9.17, 15) is 19.2 Å². The van der Waals surface area contributed by atoms with Gasteiger partial charge in [-0.05, 0) is 64.8 Å². The summed E-state index contributed by atoms with van der Waals surface area (Å²) in [6.45, 7) is 13.0. The number of fused-ring (bicyclic) bond motifs is 1. The summed E-state index contributed by atoms with van der Waals surface area (Å²) in [5, 5.41) is 5.42. The third-order valence-electron chi connectivity index (χ3n) is 11.7. The van der Waals surface area contributed by atoms with Crippen LogP contribution < -0.4 is 10.6 Å². The molecule has 6 atom stereocenters. The monoisotopic (exact) mass is 817 g/mol. The van der Waals surface area contributed by atoms with Gasteiger partial charge in [0.15, 0.2) is 5.65 Å². The standard InChI is InChI=1S/C45H55N9O6/c1-24(2)37(50-44(57)59-7)42(55)53-22-26(5)17-35(53)40-47-21-34(49-40)31-15-13-29(14-16-31)28-9-11-30(12-10-28)32-19-33-39(46-20-32)52-41(48-33)36-18-27(6)23-54(36)43(56)38(25(3)4)51-45(58)60-8/h9-16,19-21,24-27,35-38H,17-18,22-23H2,1-8H3,(H,47,49)(H,50,57)(H,51,58)(H,46,48,52)/t26-,27-,35-,36-,37-,38-/m0/s1. The highest BCUT2D eigenvalue weighted by molar-refractivity contribution is 5.87. The fourth-order valence-electron chi connectivity index (χ4n) is 8.44. The van der Waals surface area contributed by atoms with E-state index in [4.69, 9.17) is 19.4 Å². The highest BCUT2D eigenvalue weighted by Crippen LogP contribution is 2.38. The third kappa shape index (κ3) is 8.70. The number of aromatic nitrogens is 5. The first-order valence-electron chi connectivity index (χ1n) is 20.7. The number of likely N-dealkylation sites (tertiary alicyclic amines) is 2. The molecule has 0 aliphatic carbocycles. The van der Waals surface area contributed by atoms with Crippen molar-refractivity contribution in [1.82, 2.24) is 45.4 Å². The molecule has 15 heteroatoms. The van der Waals surface area contributed by atoms with Gasteiger partial charge in [-0.3, -0.25) is 9.59 Å². The van der Waals surface area contributed by atoms with Crippen LogP contribution in [0.3, 0.4) is 0 Å². The average Bonchev–Trinajstić information content (AvgIpc) is 4.06. The fraction of sp³-hybridized carbons (Fsp3) is 0.444. The van der Waals surface area contributed by atoms with E-state index in [1.807, 2.05) is 56.0 Å². The molecule has 2 saturated heterocycles. The van der Waals surface area contributed by atoms with E-state index in [-0.39, 0.29) is 47.6 Å². The Hall–Kier alpha value is -6.25. The van der Waals surface area contributed by atoms with E-state index in [2.05, 4.69) is 88.0 Å². The van der Waals surface area contributed by atoms with E-state index in [1.165, 1.54) is 14.2 Å². The number of H-pyrrole nitrogens is 2. The van der Waals surface area contributed by atoms with Gasteiger partial charge in [-0.1, -0.05) is 90.1 Å². The van der Waals surface area contributed by atoms with Gasteiger partial charge < -0.3 is 39.9 Å². The number of hydrogen-bond acceptors (Lipinski definition) is 9. The van der Waals surface area contributed by atoms with Gasteiger partial charge in [-0.15, -0.1) is 0 Å². The highest BCUT2D eigenvalue weighted by atomic mass is 16.5. The summed E-state index contributed by atoms with van der Waals surface area (Å²) in [5.41, 5.74) is 7.23. The summed E-state index contributed by atoms with van der Waals surface area (Å²) >= 11 is 0. The summed E-state index contributed by atoms with van der Waals surface area (Å²) in [5.74, 6) is 1.38. The number of carbonyl (C=O) groups excluding carboxylic acids is 4. The minimum absolute atomic E-state index is 0.116. The van der Waals surface area contributed by atoms with Crippen LogP contribution in [0, 0.1) is 23.7 Å². The smallest absolute Gasteiger partial charge is 0.407 e. The van der Waals surface area contributed by atoms with Crippen LogP contribution in [0.25, 0.3) is 44.7 Å². The first-order valence-corrected chi connectivity index (χ1v) is 20.7. The van der Waals surface area contributed by atoms with Crippen LogP contribution in [-0.2, 0) is 19.1 Å². The van der Waals surface area contributed by atoms with E-state index in [1.54, 1.807) is 0 Å². The molecule has 0 spiro atoms. The predicted molar refractivity (Wildman–Crippen MR) is 227 cm³/mol. The van der Waals surface area contributed by atoms with Crippen molar-refractivity contribution in [1.29, 1.82) is 0 Å². The maximum Gasteiger partial charge on any atom is 0.407 e. The lowest BCUT2D eigenvalue weighted by molar-refractivity contribution is -0.136. The van der Waals surface area contributed by atoms with Crippen LogP contribution >= 0.6 is 0 Å². The summed E-state index contributed by atoms with van der Waals surface area (Å²) in [7, 11) is 2.58. The molecule has 5 aromatic rings. The minimum Gasteiger partial charge on any atom is -0.453 e. The Bertz CT molecular complexity index is 2340. The summed E-state index contributed by atoms with van der Waals surface area (Å²) in [6.07, 6.45) is 3.87. The Morgan fingerprint density at radius 2 is 1.12 bits per heavy atom. The molecule has 0 bridgehead atoms. The molecule has 7 rings (SSSR count). The van der Waals surface area contributed by atoms with Crippen LogP contribution in [-0.4, -0.2) is 98.1 Å². The maximum atomic E-state index is 13.8. The lowest BCUT2D eigenvalue weighted by Crippen LogP contribution is -2.51. The van der Waals surface area contributed by atoms with E-state index in [0.29, 0.717) is 24.6 Å². The maximum absolute atomic E-state index is 13.8. The number of benzene rings is 2. The molecule has 2 fully saturated rings. The predicted octanol–water partition coefficient (Wildman–Crippen LogP) is 7.26. The van der Waals surface area contributed by atoms with Gasteiger partial charge in [0.1, 0.15) is 23.7 Å². The molecule has 2 aliphatic heterocycles. The third-order valence-corrected chi connectivity index (χ3v) is 11.7. The Kier molecular flexibility index (Phi) is 12.2. The Morgan fingerprint density at radius 3 is 1.60 bits per heavy atom. The zero-order chi connectivity index (χ0) is 42.8. The number of carbonyl (C=O) groups is 4. The van der Waals surface area contributed by atoms with Crippen LogP contribution in [0.4, 0.5) is 9.59 Å². The van der Waals surface area contributed by atoms with Crippen molar-refractivity contribution >= 4 is 35.2 Å². The lowest BCUT2D eigenvalue weighted by Gasteiger charge is -2.30. The number of nitrogens with one attached hydrogen (secondary N) is 4. The molecule has 60 heavy (non-hydrogen) atoms. The Morgan fingerprint density at radius 1 is 0.650 bits per heavy atom. The van der Waals surface area contributed by atoms with Gasteiger partial charge in [0, 0.05) is 24.8 Å². The molecule has 4 amide bonds. The molecule has 0 unspecified atom stereocenters. The second-order valence-electron chi connectivity index (χ2n) is 17.0. The van der Waals surface area contributed by atoms with Gasteiger partial charge in [0.2, 0.25) is 11.8 Å². The number of ether oxygens (including phenoxy) is 2. The number of imidazole rings is 2. The Labute approximate surface area is 350 Å². The molecule has 0 saturated carbocycles. The molecule has 3 aromatic heterocycles. The van der Waals surface area contributed by atoms with Crippen molar-refractivity contribution in [2.24, 2.45) is 23.7 Å². The van der Waals surface area contributed by atoms with Crippen LogP contribution in [0.2, 0.25) is 0 Å². The SMILES string of the molecule is COC(=O)N[C@H](C(=O)N1C[C@@H](C)C[C@H]1c1ncc(-c2ccc(-c3ccc(-c4cnc5nc([C@@H]6C[C@H](C)CN6C(=O)[C@@H](NC(=O)OC)C(C)C)[nH]c5c4)cc3)cc2)[nH]1)C(C)C. The van der Waals surface area contributed by atoms with Gasteiger partial charge in [-0.2, -0.15) is 0 Å². The quantitative estimate of drug-likeness (QED) is 0.106. The van der Waals surface area contributed by atoms with Crippen molar-refractivity contribution in [3.63, 3.8) is 0 Å². The second-order valence-corrected chi connectivity index (χ2v) is 17.0. The van der Waals surface area contributed by atoms with Crippen LogP contribution in [0.15, 0.2) is 67.0 Å². The number of methoxy groups -OCH3 is 2. The number of amides is 4. The number of hydrogen-bond donors (Lipinski definition) is 4. The first-order chi connectivity index (χ1) is 28.7. The molecule has 5 heterocycles. The average molecular weight is 818 g/mol. The van der Waals surface area contributed by atoms with E-state index < -0.39 is 24.3 Å². The topological polar surface area (TPSA) is 188 Å². The van der Waals surface area contributed by atoms with Crippen LogP contribution in [0.1, 0.15) is 78.1 Å². The second kappa shape index (κ2) is 17.5. The number of aromatic amines is 2. The normalized spacial score (nSPS) is 20.1. The van der Waals surface area contributed by atoms with E-state index >= 15 is 0 Å². The molecule has 15 nitrogen and oxygen atoms in total. The van der Waals surface area contributed by atoms with Crippen molar-refractivity contribution in [2.45, 2.75) is 78.6 Å². The van der Waals surface area contributed by atoms with Crippen LogP contribution in [0.5, 0.6) is 0 Å². The molecular weight excluding hydrogens is 763 g/mol. The highest BCUT2D eigenvalue weighted by Gasteiger charge is 2.41. The molecule has 0 radical (unpaired) electrons. The van der Waals surface area contributed by atoms with Crippen molar-refractivity contribution in [3.05, 3.63) is 78.6 Å². The molecular formula is C45H55N9O6. The van der Waals surface area contributed by atoms with Crippen molar-refractivity contribution < 1.29 is 28.7 Å². The first kappa shape index (κ1) is 41.9. The molecule has 4 N–H and O–H groups in total. The van der Waals surface area contributed by atoms with Gasteiger partial charge in [-0.25, -0.2) is 24.5 Å². The lowest BCUT2D eigenvalue weighted by atomic mass is 10.00. The molecule has 2 aromatic carbocycles. The van der Waals surface area contributed by atoms with Gasteiger partial charge >= 0.3 is 12.2 Å². The fourth-order valence-corrected chi connectivity index (χ4v) is 8.44. The number of pyridine rings is 1. The number of alkyl carbamates (subject to hydrolysis) is 2. The van der Waals surface area contributed by atoms with E-state index in [0.717, 1.165) is 57.7 Å². The Balaban J connectivity index is 1.03. The largest absolute Gasteiger partial charge is 0.453 e. The number of rotatable bonds is 11.